The van der Waals surface area contributed by atoms with Crippen molar-refractivity contribution in [3.63, 3.8) is 0 Å². The van der Waals surface area contributed by atoms with Gasteiger partial charge in [-0.2, -0.15) is 4.31 Å². The normalized spacial score (nSPS) is 26.1. The molecule has 1 saturated heterocycles. The fourth-order valence-corrected chi connectivity index (χ4v) is 3.72. The molecule has 0 amide bonds. The highest BCUT2D eigenvalue weighted by atomic mass is 32.2. The molecular formula is C11H17N3O3S. The summed E-state index contributed by atoms with van der Waals surface area (Å²) < 4.78 is 31.9. The van der Waals surface area contributed by atoms with Gasteiger partial charge in [0.25, 0.3) is 0 Å². The van der Waals surface area contributed by atoms with Gasteiger partial charge < -0.3 is 10.5 Å². The Balaban J connectivity index is 2.39. The minimum Gasteiger partial charge on any atom is -0.383 e. The predicted octanol–water partition coefficient (Wildman–Crippen LogP) is 0.462. The number of nitrogens with zero attached hydrogens (tertiary/aromatic N) is 2. The predicted molar refractivity (Wildman–Crippen MR) is 67.4 cm³/mol. The van der Waals surface area contributed by atoms with E-state index < -0.39 is 10.0 Å². The van der Waals surface area contributed by atoms with Crippen molar-refractivity contribution in [1.29, 1.82) is 0 Å². The fourth-order valence-electron chi connectivity index (χ4n) is 1.95. The summed E-state index contributed by atoms with van der Waals surface area (Å²) in [6, 6.07) is 2.84. The zero-order valence-electron chi connectivity index (χ0n) is 10.4. The number of hydrogen-bond acceptors (Lipinski definition) is 5. The largest absolute Gasteiger partial charge is 0.383 e. The van der Waals surface area contributed by atoms with Crippen molar-refractivity contribution in [1.82, 2.24) is 9.29 Å². The van der Waals surface area contributed by atoms with Crippen LogP contribution in [-0.2, 0) is 14.8 Å². The first-order valence-corrected chi connectivity index (χ1v) is 7.21. The van der Waals surface area contributed by atoms with E-state index in [0.717, 1.165) is 0 Å². The Morgan fingerprint density at radius 1 is 1.50 bits per heavy atom. The summed E-state index contributed by atoms with van der Waals surface area (Å²) in [5.41, 5.74) is 5.65. The third-order valence-corrected chi connectivity index (χ3v) is 4.96. The third kappa shape index (κ3) is 2.33. The maximum absolute atomic E-state index is 12.5. The van der Waals surface area contributed by atoms with Crippen LogP contribution >= 0.6 is 0 Å². The Morgan fingerprint density at radius 2 is 2.22 bits per heavy atom. The summed E-state index contributed by atoms with van der Waals surface area (Å²) in [6.45, 7) is 4.38. The zero-order valence-corrected chi connectivity index (χ0v) is 11.2. The summed E-state index contributed by atoms with van der Waals surface area (Å²) in [5.74, 6) is 0.0313. The number of anilines is 1. The van der Waals surface area contributed by atoms with Gasteiger partial charge in [-0.05, 0) is 26.0 Å². The SMILES string of the molecule is CC1CN(S(=O)(=O)c2cccnc2N)C(C)CO1. The van der Waals surface area contributed by atoms with Crippen LogP contribution in [0.3, 0.4) is 0 Å². The molecular weight excluding hydrogens is 254 g/mol. The van der Waals surface area contributed by atoms with Crippen LogP contribution in [0.5, 0.6) is 0 Å². The standard InChI is InChI=1S/C11H17N3O3S/c1-8-7-17-9(2)6-14(8)18(15,16)10-4-3-5-13-11(10)12/h3-5,8-9H,6-7H2,1-2H3,(H2,12,13). The minimum atomic E-state index is -3.61. The average molecular weight is 271 g/mol. The average Bonchev–Trinajstić information content (AvgIpc) is 2.32. The van der Waals surface area contributed by atoms with Gasteiger partial charge >= 0.3 is 0 Å². The first-order chi connectivity index (χ1) is 8.43. The smallest absolute Gasteiger partial charge is 0.247 e. The topological polar surface area (TPSA) is 85.5 Å². The van der Waals surface area contributed by atoms with Gasteiger partial charge in [-0.3, -0.25) is 0 Å². The molecule has 0 saturated carbocycles. The number of nitrogen functional groups attached to an aromatic ring is 1. The number of nitrogens with two attached hydrogens (primary N) is 1. The number of rotatable bonds is 2. The molecule has 0 radical (unpaired) electrons. The summed E-state index contributed by atoms with van der Waals surface area (Å²) in [6.07, 6.45) is 1.36. The summed E-state index contributed by atoms with van der Waals surface area (Å²) in [5, 5.41) is 0. The lowest BCUT2D eigenvalue weighted by Crippen LogP contribution is -2.50. The second-order valence-electron chi connectivity index (χ2n) is 4.45. The Hall–Kier alpha value is -1.18. The van der Waals surface area contributed by atoms with E-state index >= 15 is 0 Å². The van der Waals surface area contributed by atoms with Gasteiger partial charge in [0.15, 0.2) is 0 Å². The molecule has 0 aliphatic carbocycles. The van der Waals surface area contributed by atoms with Crippen molar-refractivity contribution in [3.05, 3.63) is 18.3 Å². The van der Waals surface area contributed by atoms with Gasteiger partial charge in [-0.25, -0.2) is 13.4 Å². The molecule has 18 heavy (non-hydrogen) atoms. The van der Waals surface area contributed by atoms with Gasteiger partial charge in [-0.15, -0.1) is 0 Å². The maximum atomic E-state index is 12.5. The van der Waals surface area contributed by atoms with Crippen LogP contribution in [0, 0.1) is 0 Å². The van der Waals surface area contributed by atoms with Crippen molar-refractivity contribution < 1.29 is 13.2 Å². The Kier molecular flexibility index (Phi) is 3.56. The first kappa shape index (κ1) is 13.3. The molecule has 2 atom stereocenters. The molecule has 7 heteroatoms. The number of aromatic nitrogens is 1. The second kappa shape index (κ2) is 4.83. The van der Waals surface area contributed by atoms with Gasteiger partial charge in [0, 0.05) is 18.8 Å². The highest BCUT2D eigenvalue weighted by Gasteiger charge is 2.35. The quantitative estimate of drug-likeness (QED) is 0.844. The Labute approximate surface area is 107 Å². The number of hydrogen-bond donors (Lipinski definition) is 1. The van der Waals surface area contributed by atoms with E-state index in [1.54, 1.807) is 6.07 Å². The molecule has 0 spiro atoms. The number of morpholine rings is 1. The molecule has 2 N–H and O–H groups in total. The summed E-state index contributed by atoms with van der Waals surface area (Å²) in [4.78, 5) is 3.89. The van der Waals surface area contributed by atoms with E-state index in [-0.39, 0.29) is 22.9 Å². The van der Waals surface area contributed by atoms with E-state index in [9.17, 15) is 8.42 Å². The summed E-state index contributed by atoms with van der Waals surface area (Å²) in [7, 11) is -3.61. The lowest BCUT2D eigenvalue weighted by Gasteiger charge is -2.35. The van der Waals surface area contributed by atoms with Crippen molar-refractivity contribution >= 4 is 15.8 Å². The monoisotopic (exact) mass is 271 g/mol. The van der Waals surface area contributed by atoms with Crippen molar-refractivity contribution in [2.45, 2.75) is 30.9 Å². The Morgan fingerprint density at radius 3 is 2.89 bits per heavy atom. The minimum absolute atomic E-state index is 0.0313. The molecule has 2 unspecified atom stereocenters. The van der Waals surface area contributed by atoms with Crippen LogP contribution in [0.25, 0.3) is 0 Å². The van der Waals surface area contributed by atoms with Crippen LogP contribution < -0.4 is 5.73 Å². The molecule has 2 rings (SSSR count). The first-order valence-electron chi connectivity index (χ1n) is 5.77. The van der Waals surface area contributed by atoms with Gasteiger partial charge in [-0.1, -0.05) is 0 Å². The summed E-state index contributed by atoms with van der Waals surface area (Å²) >= 11 is 0. The third-order valence-electron chi connectivity index (χ3n) is 2.94. The van der Waals surface area contributed by atoms with Crippen LogP contribution in [0.1, 0.15) is 13.8 Å². The molecule has 1 aromatic heterocycles. The molecule has 0 aromatic carbocycles. The van der Waals surface area contributed by atoms with E-state index in [4.69, 9.17) is 10.5 Å². The molecule has 2 heterocycles. The highest BCUT2D eigenvalue weighted by Crippen LogP contribution is 2.24. The van der Waals surface area contributed by atoms with Gasteiger partial charge in [0.1, 0.15) is 10.7 Å². The zero-order chi connectivity index (χ0) is 13.3. The molecule has 1 aliphatic rings. The second-order valence-corrected chi connectivity index (χ2v) is 6.31. The van der Waals surface area contributed by atoms with E-state index in [2.05, 4.69) is 4.98 Å². The van der Waals surface area contributed by atoms with Crippen molar-refractivity contribution in [2.75, 3.05) is 18.9 Å². The van der Waals surface area contributed by atoms with E-state index in [1.807, 2.05) is 13.8 Å². The van der Waals surface area contributed by atoms with Crippen LogP contribution in [0.15, 0.2) is 23.2 Å². The molecule has 0 bridgehead atoms. The van der Waals surface area contributed by atoms with Gasteiger partial charge in [0.2, 0.25) is 10.0 Å². The molecule has 1 aliphatic heterocycles. The van der Waals surface area contributed by atoms with Crippen molar-refractivity contribution in [2.24, 2.45) is 0 Å². The lowest BCUT2D eigenvalue weighted by molar-refractivity contribution is -0.0170. The number of ether oxygens (including phenoxy) is 1. The molecule has 1 aromatic rings. The lowest BCUT2D eigenvalue weighted by atomic mass is 10.2. The van der Waals surface area contributed by atoms with E-state index in [1.165, 1.54) is 16.6 Å². The fraction of sp³-hybridized carbons (Fsp3) is 0.545. The van der Waals surface area contributed by atoms with Crippen LogP contribution in [0.4, 0.5) is 5.82 Å². The highest BCUT2D eigenvalue weighted by molar-refractivity contribution is 7.89. The Bertz CT molecular complexity index is 532. The molecule has 100 valence electrons. The molecule has 6 nitrogen and oxygen atoms in total. The van der Waals surface area contributed by atoms with Crippen LogP contribution in [0.2, 0.25) is 0 Å². The maximum Gasteiger partial charge on any atom is 0.247 e. The number of sulfonamides is 1. The molecule has 1 fully saturated rings. The number of pyridine rings is 1. The van der Waals surface area contributed by atoms with Crippen molar-refractivity contribution in [3.8, 4) is 0 Å². The van der Waals surface area contributed by atoms with Gasteiger partial charge in [0.05, 0.1) is 12.7 Å². The van der Waals surface area contributed by atoms with Crippen LogP contribution in [-0.4, -0.2) is 43.0 Å². The van der Waals surface area contributed by atoms with E-state index in [0.29, 0.717) is 13.2 Å².